The molecule has 0 saturated heterocycles. The number of furan rings is 1. The third-order valence-corrected chi connectivity index (χ3v) is 2.04. The number of pyridine rings is 1. The molecule has 0 unspecified atom stereocenters. The van der Waals surface area contributed by atoms with Gasteiger partial charge in [-0.1, -0.05) is 27.7 Å². The molecule has 0 aliphatic carbocycles. The maximum atomic E-state index is 4.71. The van der Waals surface area contributed by atoms with Gasteiger partial charge in [0, 0.05) is 12.4 Å². The minimum absolute atomic E-state index is 0.619. The Kier molecular flexibility index (Phi) is 8.75. The summed E-state index contributed by atoms with van der Waals surface area (Å²) in [5.74, 6) is 0.619. The summed E-state index contributed by atoms with van der Waals surface area (Å²) in [4.78, 5) is 3.93. The normalized spacial score (nSPS) is 8.82. The Hall–Kier alpha value is -1.57. The molecular weight excluding hydrogens is 210 g/mol. The molecule has 0 aromatic carbocycles. The van der Waals surface area contributed by atoms with Crippen LogP contribution in [0.5, 0.6) is 0 Å². The van der Waals surface area contributed by atoms with Crippen molar-refractivity contribution in [3.63, 3.8) is 0 Å². The molecule has 0 aliphatic heterocycles. The van der Waals surface area contributed by atoms with Crippen molar-refractivity contribution in [1.82, 2.24) is 4.98 Å². The molecule has 0 spiro atoms. The van der Waals surface area contributed by atoms with Crippen molar-refractivity contribution in [2.75, 3.05) is 0 Å². The van der Waals surface area contributed by atoms with Crippen molar-refractivity contribution in [2.24, 2.45) is 0 Å². The van der Waals surface area contributed by atoms with Crippen LogP contribution in [0.2, 0.25) is 0 Å². The molecule has 0 radical (unpaired) electrons. The monoisotopic (exact) mass is 233 g/mol. The lowest BCUT2D eigenvalue weighted by Gasteiger charge is -2.01. The standard InChI is InChI=1S/C8H11N.C5H6O.C2H6/c1-7(2)8-3-5-9-6-4-8;1-5-2-3-6-4-5;1-2/h3-7H,1-2H3;2-4H,1H3;1-2H3. The first kappa shape index (κ1) is 15.4. The third-order valence-electron chi connectivity index (χ3n) is 2.04. The van der Waals surface area contributed by atoms with Gasteiger partial charge >= 0.3 is 0 Å². The molecule has 0 aliphatic rings. The van der Waals surface area contributed by atoms with Gasteiger partial charge < -0.3 is 4.42 Å². The number of aryl methyl sites for hydroxylation is 1. The first-order valence-electron chi connectivity index (χ1n) is 6.09. The molecule has 0 amide bonds. The average Bonchev–Trinajstić information content (AvgIpc) is 2.85. The third kappa shape index (κ3) is 7.34. The fourth-order valence-electron chi connectivity index (χ4n) is 1.08. The molecule has 0 fully saturated rings. The van der Waals surface area contributed by atoms with Crippen LogP contribution >= 0.6 is 0 Å². The van der Waals surface area contributed by atoms with Crippen molar-refractivity contribution >= 4 is 0 Å². The first-order valence-corrected chi connectivity index (χ1v) is 6.09. The van der Waals surface area contributed by atoms with Gasteiger partial charge in [0.2, 0.25) is 0 Å². The molecule has 2 heteroatoms. The lowest BCUT2D eigenvalue weighted by Crippen LogP contribution is -1.85. The summed E-state index contributed by atoms with van der Waals surface area (Å²) < 4.78 is 4.71. The highest BCUT2D eigenvalue weighted by molar-refractivity contribution is 5.13. The van der Waals surface area contributed by atoms with Gasteiger partial charge in [0.05, 0.1) is 12.5 Å². The molecule has 2 aromatic heterocycles. The van der Waals surface area contributed by atoms with Crippen molar-refractivity contribution in [1.29, 1.82) is 0 Å². The lowest BCUT2D eigenvalue weighted by atomic mass is 10.1. The van der Waals surface area contributed by atoms with Crippen LogP contribution in [0.3, 0.4) is 0 Å². The predicted octanol–water partition coefficient (Wildman–Crippen LogP) is 4.82. The number of hydrogen-bond acceptors (Lipinski definition) is 2. The van der Waals surface area contributed by atoms with Crippen LogP contribution in [0.1, 0.15) is 44.7 Å². The van der Waals surface area contributed by atoms with E-state index in [1.807, 2.05) is 51.4 Å². The van der Waals surface area contributed by atoms with Crippen molar-refractivity contribution < 1.29 is 4.42 Å². The van der Waals surface area contributed by atoms with E-state index in [1.54, 1.807) is 12.5 Å². The highest BCUT2D eigenvalue weighted by atomic mass is 16.3. The van der Waals surface area contributed by atoms with E-state index in [4.69, 9.17) is 4.42 Å². The van der Waals surface area contributed by atoms with E-state index in [2.05, 4.69) is 18.8 Å². The SMILES string of the molecule is CC.CC(C)c1ccncc1.Cc1ccoc1. The van der Waals surface area contributed by atoms with Crippen molar-refractivity contribution in [2.45, 2.75) is 40.5 Å². The van der Waals surface area contributed by atoms with E-state index in [9.17, 15) is 0 Å². The zero-order valence-electron chi connectivity index (χ0n) is 11.5. The van der Waals surface area contributed by atoms with E-state index in [1.165, 1.54) is 11.1 Å². The quantitative estimate of drug-likeness (QED) is 0.705. The van der Waals surface area contributed by atoms with Crippen LogP contribution in [0.4, 0.5) is 0 Å². The van der Waals surface area contributed by atoms with Crippen LogP contribution in [0, 0.1) is 6.92 Å². The molecule has 0 bridgehead atoms. The van der Waals surface area contributed by atoms with Gasteiger partial charge in [-0.25, -0.2) is 0 Å². The van der Waals surface area contributed by atoms with Gasteiger partial charge in [0.15, 0.2) is 0 Å². The summed E-state index contributed by atoms with van der Waals surface area (Å²) in [5.41, 5.74) is 2.53. The number of nitrogens with zero attached hydrogens (tertiary/aromatic N) is 1. The molecule has 94 valence electrons. The molecule has 0 saturated carbocycles. The summed E-state index contributed by atoms with van der Waals surface area (Å²) in [6.45, 7) is 10.3. The van der Waals surface area contributed by atoms with Crippen LogP contribution < -0.4 is 0 Å². The lowest BCUT2D eigenvalue weighted by molar-refractivity contribution is 0.565. The van der Waals surface area contributed by atoms with Crippen LogP contribution in [-0.4, -0.2) is 4.98 Å². The van der Waals surface area contributed by atoms with Gasteiger partial charge in [-0.2, -0.15) is 0 Å². The summed E-state index contributed by atoms with van der Waals surface area (Å²) in [7, 11) is 0. The Bertz CT molecular complexity index is 352. The van der Waals surface area contributed by atoms with Gasteiger partial charge in [-0.15, -0.1) is 0 Å². The molecule has 17 heavy (non-hydrogen) atoms. The Morgan fingerprint density at radius 2 is 1.65 bits per heavy atom. The first-order chi connectivity index (χ1) is 8.20. The molecule has 2 aromatic rings. The van der Waals surface area contributed by atoms with E-state index in [0.29, 0.717) is 5.92 Å². The Balaban J connectivity index is 0.000000278. The second-order valence-corrected chi connectivity index (χ2v) is 3.74. The van der Waals surface area contributed by atoms with Crippen LogP contribution in [0.25, 0.3) is 0 Å². The average molecular weight is 233 g/mol. The summed E-state index contributed by atoms with van der Waals surface area (Å²) in [6, 6.07) is 6.01. The van der Waals surface area contributed by atoms with Crippen LogP contribution in [-0.2, 0) is 0 Å². The van der Waals surface area contributed by atoms with E-state index >= 15 is 0 Å². The largest absolute Gasteiger partial charge is 0.472 e. The summed E-state index contributed by atoms with van der Waals surface area (Å²) in [6.07, 6.45) is 7.03. The van der Waals surface area contributed by atoms with Gasteiger partial charge in [0.25, 0.3) is 0 Å². The van der Waals surface area contributed by atoms with Crippen LogP contribution in [0.15, 0.2) is 47.5 Å². The summed E-state index contributed by atoms with van der Waals surface area (Å²) in [5, 5.41) is 0. The Morgan fingerprint density at radius 3 is 1.88 bits per heavy atom. The molecule has 2 rings (SSSR count). The second-order valence-electron chi connectivity index (χ2n) is 3.74. The minimum atomic E-state index is 0.619. The molecule has 0 N–H and O–H groups in total. The number of aromatic nitrogens is 1. The number of hydrogen-bond donors (Lipinski definition) is 0. The Labute approximate surface area is 105 Å². The Morgan fingerprint density at radius 1 is 1.06 bits per heavy atom. The van der Waals surface area contributed by atoms with Crippen molar-refractivity contribution in [3.8, 4) is 0 Å². The van der Waals surface area contributed by atoms with Gasteiger partial charge in [0.1, 0.15) is 0 Å². The molecule has 0 atom stereocenters. The second kappa shape index (κ2) is 9.64. The van der Waals surface area contributed by atoms with Gasteiger partial charge in [-0.05, 0) is 42.2 Å². The van der Waals surface area contributed by atoms with E-state index in [-0.39, 0.29) is 0 Å². The van der Waals surface area contributed by atoms with E-state index in [0.717, 1.165) is 0 Å². The molecule has 2 heterocycles. The predicted molar refractivity (Wildman–Crippen MR) is 73.1 cm³/mol. The smallest absolute Gasteiger partial charge is 0.0931 e. The fraction of sp³-hybridized carbons (Fsp3) is 0.400. The molecular formula is C15H23NO. The summed E-state index contributed by atoms with van der Waals surface area (Å²) >= 11 is 0. The maximum absolute atomic E-state index is 4.71. The number of rotatable bonds is 1. The zero-order valence-corrected chi connectivity index (χ0v) is 11.5. The molecule has 2 nitrogen and oxygen atoms in total. The fourth-order valence-corrected chi connectivity index (χ4v) is 1.08. The minimum Gasteiger partial charge on any atom is -0.472 e. The topological polar surface area (TPSA) is 26.0 Å². The maximum Gasteiger partial charge on any atom is 0.0931 e. The highest BCUT2D eigenvalue weighted by Crippen LogP contribution is 2.10. The van der Waals surface area contributed by atoms with E-state index < -0.39 is 0 Å². The zero-order chi connectivity index (χ0) is 13.1. The van der Waals surface area contributed by atoms with Gasteiger partial charge in [-0.3, -0.25) is 4.98 Å². The van der Waals surface area contributed by atoms with Crippen molar-refractivity contribution in [3.05, 3.63) is 54.2 Å². The highest BCUT2D eigenvalue weighted by Gasteiger charge is 1.93.